The highest BCUT2D eigenvalue weighted by molar-refractivity contribution is 7.89. The monoisotopic (exact) mass is 423 g/mol. The molecule has 0 saturated carbocycles. The van der Waals surface area contributed by atoms with E-state index in [-0.39, 0.29) is 10.5 Å². The third-order valence-electron chi connectivity index (χ3n) is 5.10. The first-order valence-electron chi connectivity index (χ1n) is 9.65. The Balaban J connectivity index is 1.45. The number of fused-ring (bicyclic) bond motifs is 1. The summed E-state index contributed by atoms with van der Waals surface area (Å²) in [7, 11) is -3.62. The molecule has 30 heavy (non-hydrogen) atoms. The molecule has 0 unspecified atom stereocenters. The second-order valence-electron chi connectivity index (χ2n) is 7.11. The number of benzene rings is 3. The third-order valence-corrected chi connectivity index (χ3v) is 6.99. The van der Waals surface area contributed by atoms with Gasteiger partial charge in [-0.25, -0.2) is 8.42 Å². The summed E-state index contributed by atoms with van der Waals surface area (Å²) in [4.78, 5) is 24.9. The van der Waals surface area contributed by atoms with Crippen molar-refractivity contribution in [1.82, 2.24) is 15.2 Å². The van der Waals surface area contributed by atoms with Gasteiger partial charge in [-0.05, 0) is 53.9 Å². The molecule has 4 rings (SSSR count). The number of carbonyl (C=O) groups is 2. The molecule has 0 bridgehead atoms. The van der Waals surface area contributed by atoms with Gasteiger partial charge in [0.25, 0.3) is 11.8 Å². The van der Waals surface area contributed by atoms with Crippen molar-refractivity contribution < 1.29 is 18.0 Å². The molecule has 8 heteroatoms. The minimum Gasteiger partial charge on any atom is -0.267 e. The van der Waals surface area contributed by atoms with Crippen LogP contribution in [0.2, 0.25) is 0 Å². The van der Waals surface area contributed by atoms with Crippen molar-refractivity contribution >= 4 is 32.6 Å². The van der Waals surface area contributed by atoms with Gasteiger partial charge >= 0.3 is 0 Å². The van der Waals surface area contributed by atoms with E-state index in [0.717, 1.165) is 23.6 Å². The van der Waals surface area contributed by atoms with E-state index < -0.39 is 21.8 Å². The molecule has 1 aliphatic rings. The largest absolute Gasteiger partial charge is 0.269 e. The summed E-state index contributed by atoms with van der Waals surface area (Å²) in [5, 5.41) is 1.92. The van der Waals surface area contributed by atoms with Crippen LogP contribution >= 0.6 is 0 Å². The standard InChI is InChI=1S/C22H21N3O4S/c26-21(18-8-5-9-20(15-18)30(28,29)25-12-3-4-13-25)23-24-22(27)19-11-10-16-6-1-2-7-17(16)14-19/h1-2,5-11,14-15H,3-4,12-13H2,(H,23,26)(H,24,27). The zero-order chi connectivity index (χ0) is 21.1. The minimum atomic E-state index is -3.62. The lowest BCUT2D eigenvalue weighted by Gasteiger charge is -2.16. The molecule has 0 aromatic heterocycles. The van der Waals surface area contributed by atoms with Crippen molar-refractivity contribution in [3.63, 3.8) is 0 Å². The zero-order valence-corrected chi connectivity index (χ0v) is 17.0. The molecule has 1 saturated heterocycles. The first kappa shape index (κ1) is 20.1. The fourth-order valence-corrected chi connectivity index (χ4v) is 5.03. The highest BCUT2D eigenvalue weighted by Gasteiger charge is 2.27. The number of amides is 2. The van der Waals surface area contributed by atoms with E-state index in [0.29, 0.717) is 18.7 Å². The van der Waals surface area contributed by atoms with Crippen LogP contribution in [0, 0.1) is 0 Å². The Kier molecular flexibility index (Phi) is 5.52. The Morgan fingerprint density at radius 2 is 1.37 bits per heavy atom. The van der Waals surface area contributed by atoms with Crippen molar-refractivity contribution in [1.29, 1.82) is 0 Å². The van der Waals surface area contributed by atoms with E-state index in [1.165, 1.54) is 28.6 Å². The van der Waals surface area contributed by atoms with Gasteiger partial charge in [-0.1, -0.05) is 36.4 Å². The Morgan fingerprint density at radius 1 is 0.733 bits per heavy atom. The molecule has 0 radical (unpaired) electrons. The van der Waals surface area contributed by atoms with Crippen LogP contribution in [-0.4, -0.2) is 37.6 Å². The van der Waals surface area contributed by atoms with E-state index in [4.69, 9.17) is 0 Å². The van der Waals surface area contributed by atoms with E-state index >= 15 is 0 Å². The van der Waals surface area contributed by atoms with Crippen LogP contribution in [0.4, 0.5) is 0 Å². The van der Waals surface area contributed by atoms with Gasteiger partial charge in [-0.3, -0.25) is 20.4 Å². The number of nitrogens with one attached hydrogen (secondary N) is 2. The Labute approximate surface area is 174 Å². The lowest BCUT2D eigenvalue weighted by Crippen LogP contribution is -2.41. The summed E-state index contributed by atoms with van der Waals surface area (Å²) in [6.07, 6.45) is 1.67. The van der Waals surface area contributed by atoms with E-state index in [1.807, 2.05) is 30.3 Å². The van der Waals surface area contributed by atoms with Gasteiger partial charge in [0.05, 0.1) is 4.90 Å². The van der Waals surface area contributed by atoms with Crippen LogP contribution in [0.3, 0.4) is 0 Å². The average molecular weight is 423 g/mol. The first-order chi connectivity index (χ1) is 14.4. The molecule has 1 aliphatic heterocycles. The fourth-order valence-electron chi connectivity index (χ4n) is 3.46. The van der Waals surface area contributed by atoms with Gasteiger partial charge in [0.1, 0.15) is 0 Å². The molecule has 1 fully saturated rings. The second kappa shape index (κ2) is 8.25. The molecule has 2 N–H and O–H groups in total. The summed E-state index contributed by atoms with van der Waals surface area (Å²) in [5.74, 6) is -1.06. The first-order valence-corrected chi connectivity index (χ1v) is 11.1. The predicted molar refractivity (Wildman–Crippen MR) is 113 cm³/mol. The molecular formula is C22H21N3O4S. The average Bonchev–Trinajstić information content (AvgIpc) is 3.33. The van der Waals surface area contributed by atoms with Gasteiger partial charge < -0.3 is 0 Å². The number of nitrogens with zero attached hydrogens (tertiary/aromatic N) is 1. The third kappa shape index (κ3) is 4.05. The second-order valence-corrected chi connectivity index (χ2v) is 9.05. The highest BCUT2D eigenvalue weighted by atomic mass is 32.2. The molecule has 2 amide bonds. The maximum absolute atomic E-state index is 12.7. The maximum Gasteiger partial charge on any atom is 0.269 e. The molecule has 3 aromatic rings. The number of hydrazine groups is 1. The van der Waals surface area contributed by atoms with Gasteiger partial charge in [0.15, 0.2) is 0 Å². The number of rotatable bonds is 4. The van der Waals surface area contributed by atoms with Crippen LogP contribution in [0.5, 0.6) is 0 Å². The fraction of sp³-hybridized carbons (Fsp3) is 0.182. The molecular weight excluding hydrogens is 402 g/mol. The van der Waals surface area contributed by atoms with Crippen molar-refractivity contribution in [2.45, 2.75) is 17.7 Å². The van der Waals surface area contributed by atoms with E-state index in [1.54, 1.807) is 12.1 Å². The van der Waals surface area contributed by atoms with Crippen LogP contribution in [0.1, 0.15) is 33.6 Å². The number of hydrogen-bond acceptors (Lipinski definition) is 4. The molecule has 154 valence electrons. The summed E-state index contributed by atoms with van der Waals surface area (Å²) < 4.78 is 26.8. The molecule has 1 heterocycles. The van der Waals surface area contributed by atoms with Crippen molar-refractivity contribution in [3.05, 3.63) is 77.9 Å². The maximum atomic E-state index is 12.7. The molecule has 7 nitrogen and oxygen atoms in total. The Hall–Kier alpha value is -3.23. The summed E-state index contributed by atoms with van der Waals surface area (Å²) in [5.41, 5.74) is 5.27. The van der Waals surface area contributed by atoms with Crippen LogP contribution in [-0.2, 0) is 10.0 Å². The normalized spacial score (nSPS) is 14.5. The van der Waals surface area contributed by atoms with Gasteiger partial charge in [-0.2, -0.15) is 4.31 Å². The Morgan fingerprint density at radius 3 is 2.07 bits per heavy atom. The van der Waals surface area contributed by atoms with E-state index in [9.17, 15) is 18.0 Å². The van der Waals surface area contributed by atoms with Gasteiger partial charge in [0.2, 0.25) is 10.0 Å². The number of hydrogen-bond donors (Lipinski definition) is 2. The number of sulfonamides is 1. The van der Waals surface area contributed by atoms with Crippen molar-refractivity contribution in [2.24, 2.45) is 0 Å². The minimum absolute atomic E-state index is 0.0675. The highest BCUT2D eigenvalue weighted by Crippen LogP contribution is 2.21. The smallest absolute Gasteiger partial charge is 0.267 e. The lowest BCUT2D eigenvalue weighted by molar-refractivity contribution is 0.0846. The van der Waals surface area contributed by atoms with Crippen LogP contribution in [0.25, 0.3) is 10.8 Å². The van der Waals surface area contributed by atoms with Gasteiger partial charge in [0, 0.05) is 24.2 Å². The quantitative estimate of drug-likeness (QED) is 0.631. The van der Waals surface area contributed by atoms with Crippen LogP contribution in [0.15, 0.2) is 71.6 Å². The molecule has 0 atom stereocenters. The topological polar surface area (TPSA) is 95.6 Å². The predicted octanol–water partition coefficient (Wildman–Crippen LogP) is 2.70. The summed E-state index contributed by atoms with van der Waals surface area (Å²) >= 11 is 0. The summed E-state index contributed by atoms with van der Waals surface area (Å²) in [6.45, 7) is 0.973. The SMILES string of the molecule is O=C(NNC(=O)c1ccc2ccccc2c1)c1cccc(S(=O)(=O)N2CCCC2)c1. The van der Waals surface area contributed by atoms with Crippen molar-refractivity contribution in [2.75, 3.05) is 13.1 Å². The van der Waals surface area contributed by atoms with Crippen molar-refractivity contribution in [3.8, 4) is 0 Å². The lowest BCUT2D eigenvalue weighted by atomic mass is 10.1. The molecule has 0 spiro atoms. The zero-order valence-electron chi connectivity index (χ0n) is 16.2. The number of carbonyl (C=O) groups excluding carboxylic acids is 2. The van der Waals surface area contributed by atoms with Crippen LogP contribution < -0.4 is 10.9 Å². The Bertz CT molecular complexity index is 1220. The van der Waals surface area contributed by atoms with E-state index in [2.05, 4.69) is 10.9 Å². The van der Waals surface area contributed by atoms with Gasteiger partial charge in [-0.15, -0.1) is 0 Å². The molecule has 3 aromatic carbocycles. The molecule has 0 aliphatic carbocycles. The summed E-state index contributed by atoms with van der Waals surface area (Å²) in [6, 6.07) is 18.7.